The summed E-state index contributed by atoms with van der Waals surface area (Å²) in [7, 11) is 0. The maximum atomic E-state index is 13.0. The van der Waals surface area contributed by atoms with Crippen LogP contribution in [0.4, 0.5) is 0 Å². The molecule has 0 saturated carbocycles. The quantitative estimate of drug-likeness (QED) is 0.475. The van der Waals surface area contributed by atoms with Crippen LogP contribution in [-0.4, -0.2) is 34.6 Å². The Hall–Kier alpha value is -1.79. The van der Waals surface area contributed by atoms with E-state index in [0.717, 1.165) is 21.4 Å². The number of benzene rings is 2. The van der Waals surface area contributed by atoms with Crippen LogP contribution in [0.5, 0.6) is 0 Å². The number of nitrogens with one attached hydrogen (secondary N) is 1. The maximum absolute atomic E-state index is 13.0. The smallest absolute Gasteiger partial charge is 0.242 e. The molecular formula is C23H29BrN2O2S. The molecular weight excluding hydrogens is 448 g/mol. The van der Waals surface area contributed by atoms with Crippen molar-refractivity contribution in [2.24, 2.45) is 0 Å². The fourth-order valence-corrected chi connectivity index (χ4v) is 4.11. The summed E-state index contributed by atoms with van der Waals surface area (Å²) >= 11 is 5.13. The highest BCUT2D eigenvalue weighted by molar-refractivity contribution is 9.10. The molecule has 2 aromatic carbocycles. The first-order valence-corrected chi connectivity index (χ1v) is 11.7. The molecule has 0 saturated heterocycles. The van der Waals surface area contributed by atoms with Crippen LogP contribution >= 0.6 is 27.7 Å². The lowest BCUT2D eigenvalue weighted by atomic mass is 10.1. The van der Waals surface area contributed by atoms with Crippen molar-refractivity contribution in [3.8, 4) is 0 Å². The van der Waals surface area contributed by atoms with Gasteiger partial charge in [0.25, 0.3) is 0 Å². The van der Waals surface area contributed by atoms with E-state index in [1.54, 1.807) is 23.6 Å². The number of amides is 2. The molecule has 0 aliphatic carbocycles. The topological polar surface area (TPSA) is 49.4 Å². The number of thioether (sulfide) groups is 1. The van der Waals surface area contributed by atoms with Crippen LogP contribution in [0.3, 0.4) is 0 Å². The summed E-state index contributed by atoms with van der Waals surface area (Å²) in [6, 6.07) is 17.4. The maximum Gasteiger partial charge on any atom is 0.242 e. The number of carbonyl (C=O) groups excluding carboxylic acids is 2. The summed E-state index contributed by atoms with van der Waals surface area (Å²) in [6.07, 6.45) is 1.24. The third-order valence-corrected chi connectivity index (χ3v) is 6.25. The first-order chi connectivity index (χ1) is 13.9. The van der Waals surface area contributed by atoms with Crippen LogP contribution in [0, 0.1) is 0 Å². The Balaban J connectivity index is 2.07. The SMILES string of the molecule is CC[C@H](C)NC(=O)[C@@H](C)N(Cc1cccc(Br)c1)C(=O)CCSc1ccccc1. The molecule has 156 valence electrons. The summed E-state index contributed by atoms with van der Waals surface area (Å²) in [4.78, 5) is 28.6. The molecule has 2 atom stereocenters. The molecule has 0 aliphatic rings. The third kappa shape index (κ3) is 7.86. The molecule has 0 spiro atoms. The van der Waals surface area contributed by atoms with Crippen molar-refractivity contribution >= 4 is 39.5 Å². The normalized spacial score (nSPS) is 12.8. The predicted molar refractivity (Wildman–Crippen MR) is 124 cm³/mol. The van der Waals surface area contributed by atoms with Crippen molar-refractivity contribution in [2.45, 2.75) is 57.1 Å². The molecule has 1 N–H and O–H groups in total. The third-order valence-electron chi connectivity index (χ3n) is 4.74. The van der Waals surface area contributed by atoms with Gasteiger partial charge in [-0.15, -0.1) is 11.8 Å². The Morgan fingerprint density at radius 1 is 1.10 bits per heavy atom. The second kappa shape index (κ2) is 12.0. The Morgan fingerprint density at radius 3 is 2.48 bits per heavy atom. The van der Waals surface area contributed by atoms with Gasteiger partial charge in [-0.25, -0.2) is 0 Å². The standard InChI is InChI=1S/C23H29BrN2O2S/c1-4-17(2)25-23(28)18(3)26(16-19-9-8-10-20(24)15-19)22(27)13-14-29-21-11-6-5-7-12-21/h5-12,15,17-18H,4,13-14,16H2,1-3H3,(H,25,28)/t17-,18+/m0/s1. The van der Waals surface area contributed by atoms with Gasteiger partial charge in [0.05, 0.1) is 0 Å². The number of rotatable bonds is 10. The van der Waals surface area contributed by atoms with Crippen molar-refractivity contribution in [3.05, 3.63) is 64.6 Å². The van der Waals surface area contributed by atoms with Gasteiger partial charge in [-0.3, -0.25) is 9.59 Å². The van der Waals surface area contributed by atoms with Crippen LogP contribution < -0.4 is 5.32 Å². The predicted octanol–water partition coefficient (Wildman–Crippen LogP) is 5.26. The average Bonchev–Trinajstić information content (AvgIpc) is 2.72. The molecule has 0 unspecified atom stereocenters. The van der Waals surface area contributed by atoms with Gasteiger partial charge in [0.2, 0.25) is 11.8 Å². The van der Waals surface area contributed by atoms with Gasteiger partial charge in [0, 0.05) is 34.1 Å². The van der Waals surface area contributed by atoms with E-state index in [-0.39, 0.29) is 17.9 Å². The zero-order valence-corrected chi connectivity index (χ0v) is 19.6. The van der Waals surface area contributed by atoms with E-state index in [9.17, 15) is 9.59 Å². The number of nitrogens with zero attached hydrogens (tertiary/aromatic N) is 1. The first-order valence-electron chi connectivity index (χ1n) is 9.92. The zero-order chi connectivity index (χ0) is 21.2. The Bertz CT molecular complexity index is 800. The minimum Gasteiger partial charge on any atom is -0.352 e. The molecule has 0 aliphatic heterocycles. The molecule has 0 aromatic heterocycles. The highest BCUT2D eigenvalue weighted by Crippen LogP contribution is 2.20. The summed E-state index contributed by atoms with van der Waals surface area (Å²) in [5.74, 6) is 0.552. The Labute approximate surface area is 186 Å². The van der Waals surface area contributed by atoms with Crippen LogP contribution in [0.2, 0.25) is 0 Å². The van der Waals surface area contributed by atoms with Crippen LogP contribution in [0.25, 0.3) is 0 Å². The number of hydrogen-bond donors (Lipinski definition) is 1. The van der Waals surface area contributed by atoms with Crippen LogP contribution in [0.1, 0.15) is 39.2 Å². The monoisotopic (exact) mass is 476 g/mol. The zero-order valence-electron chi connectivity index (χ0n) is 17.2. The fourth-order valence-electron chi connectivity index (χ4n) is 2.80. The van der Waals surface area contributed by atoms with Crippen LogP contribution in [-0.2, 0) is 16.1 Å². The summed E-state index contributed by atoms with van der Waals surface area (Å²) in [5, 5.41) is 3.00. The highest BCUT2D eigenvalue weighted by atomic mass is 79.9. The molecule has 2 amide bonds. The lowest BCUT2D eigenvalue weighted by Gasteiger charge is -2.29. The van der Waals surface area contributed by atoms with Gasteiger partial charge in [-0.2, -0.15) is 0 Å². The second-order valence-corrected chi connectivity index (χ2v) is 9.14. The van der Waals surface area contributed by atoms with Crippen LogP contribution in [0.15, 0.2) is 64.0 Å². The lowest BCUT2D eigenvalue weighted by Crippen LogP contribution is -2.49. The van der Waals surface area contributed by atoms with E-state index in [1.165, 1.54) is 0 Å². The van der Waals surface area contributed by atoms with Gasteiger partial charge in [0.1, 0.15) is 6.04 Å². The Morgan fingerprint density at radius 2 is 1.83 bits per heavy atom. The van der Waals surface area contributed by atoms with Crippen molar-refractivity contribution in [2.75, 3.05) is 5.75 Å². The first kappa shape index (κ1) is 23.5. The fraction of sp³-hybridized carbons (Fsp3) is 0.391. The number of halogens is 1. The molecule has 6 heteroatoms. The Kier molecular flexibility index (Phi) is 9.74. The highest BCUT2D eigenvalue weighted by Gasteiger charge is 2.26. The van der Waals surface area contributed by atoms with Gasteiger partial charge < -0.3 is 10.2 Å². The largest absolute Gasteiger partial charge is 0.352 e. The van der Waals surface area contributed by atoms with Crippen molar-refractivity contribution in [1.82, 2.24) is 10.2 Å². The van der Waals surface area contributed by atoms with Gasteiger partial charge in [-0.1, -0.05) is 53.2 Å². The van der Waals surface area contributed by atoms with E-state index in [0.29, 0.717) is 18.7 Å². The minimum atomic E-state index is -0.530. The minimum absolute atomic E-state index is 0.0137. The summed E-state index contributed by atoms with van der Waals surface area (Å²) in [6.45, 7) is 6.21. The lowest BCUT2D eigenvalue weighted by molar-refractivity contribution is -0.140. The van der Waals surface area contributed by atoms with E-state index in [2.05, 4.69) is 21.2 Å². The molecule has 0 bridgehead atoms. The van der Waals surface area contributed by atoms with Gasteiger partial charge in [-0.05, 0) is 50.1 Å². The van der Waals surface area contributed by atoms with Crippen molar-refractivity contribution in [3.63, 3.8) is 0 Å². The van der Waals surface area contributed by atoms with Gasteiger partial charge in [0.15, 0.2) is 0 Å². The molecule has 2 aromatic rings. The average molecular weight is 477 g/mol. The summed E-state index contributed by atoms with van der Waals surface area (Å²) in [5.41, 5.74) is 0.992. The molecule has 0 heterocycles. The number of hydrogen-bond acceptors (Lipinski definition) is 3. The number of carbonyl (C=O) groups is 2. The molecule has 29 heavy (non-hydrogen) atoms. The molecule has 4 nitrogen and oxygen atoms in total. The van der Waals surface area contributed by atoms with Crippen molar-refractivity contribution < 1.29 is 9.59 Å². The van der Waals surface area contributed by atoms with E-state index < -0.39 is 6.04 Å². The molecule has 2 rings (SSSR count). The van der Waals surface area contributed by atoms with E-state index >= 15 is 0 Å². The second-order valence-electron chi connectivity index (χ2n) is 7.06. The van der Waals surface area contributed by atoms with Gasteiger partial charge >= 0.3 is 0 Å². The molecule has 0 fully saturated rings. The molecule has 0 radical (unpaired) electrons. The van der Waals surface area contributed by atoms with E-state index in [4.69, 9.17) is 0 Å². The summed E-state index contributed by atoms with van der Waals surface area (Å²) < 4.78 is 0.957. The van der Waals surface area contributed by atoms with Crippen molar-refractivity contribution in [1.29, 1.82) is 0 Å². The van der Waals surface area contributed by atoms with E-state index in [1.807, 2.05) is 68.4 Å².